The Bertz CT molecular complexity index is 1450. The summed E-state index contributed by atoms with van der Waals surface area (Å²) in [6.45, 7) is 4.76. The fourth-order valence-corrected chi connectivity index (χ4v) is 9.22. The standard InChI is InChI=1S/C30H31N3O3Si/c1-8-17-31-28(34)19-18-22-25(27(33(4)5)26(19)32(2)3)29(35)36-30(22)20-13-9-11-15-23(20)37(6,7)24-16-12-10-14-21(24)30/h1,9-16,18H,17H2,2-7H3,(H,31,34). The third-order valence-electron chi connectivity index (χ3n) is 7.55. The number of ether oxygens (including phenoxy) is 1. The summed E-state index contributed by atoms with van der Waals surface area (Å²) in [5.41, 5.74) is 3.67. The molecule has 3 aromatic carbocycles. The van der Waals surface area contributed by atoms with E-state index in [-0.39, 0.29) is 12.5 Å². The molecule has 1 amide bonds. The van der Waals surface area contributed by atoms with E-state index < -0.39 is 19.6 Å². The summed E-state index contributed by atoms with van der Waals surface area (Å²) in [7, 11) is 5.38. The van der Waals surface area contributed by atoms with Crippen molar-refractivity contribution in [3.8, 4) is 12.3 Å². The topological polar surface area (TPSA) is 61.9 Å². The minimum Gasteiger partial charge on any atom is -0.441 e. The number of esters is 1. The maximum Gasteiger partial charge on any atom is 0.342 e. The molecule has 5 rings (SSSR count). The average molecular weight is 510 g/mol. The molecule has 188 valence electrons. The molecule has 2 aliphatic heterocycles. The maximum absolute atomic E-state index is 13.9. The van der Waals surface area contributed by atoms with Gasteiger partial charge in [-0.2, -0.15) is 0 Å². The molecule has 1 N–H and O–H groups in total. The Morgan fingerprint density at radius 1 is 0.946 bits per heavy atom. The van der Waals surface area contributed by atoms with E-state index in [0.29, 0.717) is 28.1 Å². The van der Waals surface area contributed by atoms with Crippen molar-refractivity contribution in [3.05, 3.63) is 82.4 Å². The van der Waals surface area contributed by atoms with Gasteiger partial charge in [-0.1, -0.05) is 67.5 Å². The predicted molar refractivity (Wildman–Crippen MR) is 151 cm³/mol. The van der Waals surface area contributed by atoms with Crippen molar-refractivity contribution < 1.29 is 14.3 Å². The van der Waals surface area contributed by atoms with Crippen molar-refractivity contribution in [1.82, 2.24) is 5.32 Å². The van der Waals surface area contributed by atoms with Crippen molar-refractivity contribution >= 4 is 41.7 Å². The van der Waals surface area contributed by atoms with Gasteiger partial charge in [0.25, 0.3) is 5.91 Å². The van der Waals surface area contributed by atoms with Crippen LogP contribution >= 0.6 is 0 Å². The number of fused-ring (bicyclic) bond motifs is 6. The maximum atomic E-state index is 13.9. The Kier molecular flexibility index (Phi) is 5.69. The van der Waals surface area contributed by atoms with Crippen molar-refractivity contribution in [2.75, 3.05) is 44.5 Å². The summed E-state index contributed by atoms with van der Waals surface area (Å²) in [5, 5.41) is 5.25. The molecule has 37 heavy (non-hydrogen) atoms. The van der Waals surface area contributed by atoms with Crippen LogP contribution in [0, 0.1) is 12.3 Å². The highest BCUT2D eigenvalue weighted by molar-refractivity contribution is 7.01. The number of amides is 1. The van der Waals surface area contributed by atoms with Crippen LogP contribution in [-0.4, -0.2) is 54.7 Å². The molecule has 0 radical (unpaired) electrons. The van der Waals surface area contributed by atoms with E-state index in [1.807, 2.05) is 68.3 Å². The summed E-state index contributed by atoms with van der Waals surface area (Å²) in [6, 6.07) is 18.4. The number of carbonyl (C=O) groups is 2. The molecule has 0 atom stereocenters. The molecule has 0 unspecified atom stereocenters. The van der Waals surface area contributed by atoms with E-state index in [1.165, 1.54) is 10.4 Å². The average Bonchev–Trinajstić information content (AvgIpc) is 3.17. The van der Waals surface area contributed by atoms with Gasteiger partial charge in [-0.15, -0.1) is 6.42 Å². The van der Waals surface area contributed by atoms with E-state index in [1.54, 1.807) is 0 Å². The van der Waals surface area contributed by atoms with Crippen LogP contribution in [-0.2, 0) is 10.3 Å². The van der Waals surface area contributed by atoms with Crippen LogP contribution < -0.4 is 25.5 Å². The van der Waals surface area contributed by atoms with Gasteiger partial charge in [-0.05, 0) is 16.4 Å². The normalized spacial score (nSPS) is 15.6. The Morgan fingerprint density at radius 2 is 1.49 bits per heavy atom. The third kappa shape index (κ3) is 3.32. The van der Waals surface area contributed by atoms with Gasteiger partial charge in [0, 0.05) is 44.9 Å². The molecule has 6 nitrogen and oxygen atoms in total. The number of nitrogens with zero attached hydrogens (tertiary/aromatic N) is 2. The van der Waals surface area contributed by atoms with Crippen LogP contribution in [0.25, 0.3) is 0 Å². The van der Waals surface area contributed by atoms with Gasteiger partial charge in [-0.3, -0.25) is 4.79 Å². The fourth-order valence-electron chi connectivity index (χ4n) is 6.04. The van der Waals surface area contributed by atoms with E-state index in [9.17, 15) is 9.59 Å². The molecule has 0 saturated heterocycles. The zero-order valence-electron chi connectivity index (χ0n) is 22.1. The molecular formula is C30H31N3O3Si. The predicted octanol–water partition coefficient (Wildman–Crippen LogP) is 2.78. The van der Waals surface area contributed by atoms with Gasteiger partial charge in [-0.25, -0.2) is 4.79 Å². The van der Waals surface area contributed by atoms with E-state index in [2.05, 4.69) is 48.6 Å². The molecule has 0 bridgehead atoms. The lowest BCUT2D eigenvalue weighted by molar-refractivity contribution is 0.0255. The number of benzene rings is 3. The second-order valence-corrected chi connectivity index (χ2v) is 14.8. The lowest BCUT2D eigenvalue weighted by Gasteiger charge is -2.43. The Hall–Kier alpha value is -4.02. The fraction of sp³-hybridized carbons (Fsp3) is 0.267. The van der Waals surface area contributed by atoms with Gasteiger partial charge in [0.15, 0.2) is 5.60 Å². The highest BCUT2D eigenvalue weighted by Gasteiger charge is 2.57. The van der Waals surface area contributed by atoms with Gasteiger partial charge < -0.3 is 19.9 Å². The molecule has 3 aromatic rings. The van der Waals surface area contributed by atoms with Crippen LogP contribution in [0.3, 0.4) is 0 Å². The number of rotatable bonds is 4. The van der Waals surface area contributed by atoms with Gasteiger partial charge in [0.2, 0.25) is 0 Å². The summed E-state index contributed by atoms with van der Waals surface area (Å²) in [4.78, 5) is 31.1. The number of hydrogen-bond acceptors (Lipinski definition) is 5. The number of terminal acetylenes is 1. The molecule has 7 heteroatoms. The SMILES string of the molecule is C#CCNC(=O)c1cc2c(c(N(C)C)c1N(C)C)C(=O)OC21c2ccccc2[Si](C)(C)c2ccccc21. The molecule has 0 saturated carbocycles. The molecule has 0 aliphatic carbocycles. The van der Waals surface area contributed by atoms with Crippen molar-refractivity contribution in [3.63, 3.8) is 0 Å². The van der Waals surface area contributed by atoms with Gasteiger partial charge >= 0.3 is 5.97 Å². The number of carbonyl (C=O) groups excluding carboxylic acids is 2. The first-order valence-corrected chi connectivity index (χ1v) is 15.3. The molecule has 2 aliphatic rings. The van der Waals surface area contributed by atoms with E-state index >= 15 is 0 Å². The zero-order chi connectivity index (χ0) is 26.7. The summed E-state index contributed by atoms with van der Waals surface area (Å²) in [5.74, 6) is 1.78. The van der Waals surface area contributed by atoms with E-state index in [0.717, 1.165) is 11.1 Å². The van der Waals surface area contributed by atoms with Crippen molar-refractivity contribution in [2.45, 2.75) is 18.7 Å². The summed E-state index contributed by atoms with van der Waals surface area (Å²) < 4.78 is 6.52. The largest absolute Gasteiger partial charge is 0.441 e. The van der Waals surface area contributed by atoms with Gasteiger partial charge in [0.05, 0.1) is 29.0 Å². The summed E-state index contributed by atoms with van der Waals surface area (Å²) >= 11 is 0. The van der Waals surface area contributed by atoms with Crippen LogP contribution in [0.4, 0.5) is 11.4 Å². The Morgan fingerprint density at radius 3 is 2.00 bits per heavy atom. The first-order chi connectivity index (χ1) is 17.6. The third-order valence-corrected chi connectivity index (χ3v) is 11.1. The van der Waals surface area contributed by atoms with Crippen LogP contribution in [0.2, 0.25) is 13.1 Å². The monoisotopic (exact) mass is 509 g/mol. The highest BCUT2D eigenvalue weighted by atomic mass is 28.3. The smallest absolute Gasteiger partial charge is 0.342 e. The number of nitrogens with one attached hydrogen (secondary N) is 1. The Labute approximate surface area is 219 Å². The zero-order valence-corrected chi connectivity index (χ0v) is 23.1. The molecule has 0 fully saturated rings. The van der Waals surface area contributed by atoms with Gasteiger partial charge in [0.1, 0.15) is 8.07 Å². The number of hydrogen-bond donors (Lipinski definition) is 1. The molecular weight excluding hydrogens is 478 g/mol. The molecule has 1 spiro atoms. The van der Waals surface area contributed by atoms with Crippen LogP contribution in [0.15, 0.2) is 54.6 Å². The highest BCUT2D eigenvalue weighted by Crippen LogP contribution is 2.53. The van der Waals surface area contributed by atoms with Crippen molar-refractivity contribution in [1.29, 1.82) is 0 Å². The van der Waals surface area contributed by atoms with Crippen LogP contribution in [0.5, 0.6) is 0 Å². The first-order valence-electron chi connectivity index (χ1n) is 12.3. The van der Waals surface area contributed by atoms with Crippen LogP contribution in [0.1, 0.15) is 37.4 Å². The summed E-state index contributed by atoms with van der Waals surface area (Å²) in [6.07, 6.45) is 5.44. The second-order valence-electron chi connectivity index (χ2n) is 10.5. The lowest BCUT2D eigenvalue weighted by Crippen LogP contribution is -2.63. The molecule has 2 heterocycles. The quantitative estimate of drug-likeness (QED) is 0.333. The van der Waals surface area contributed by atoms with E-state index in [4.69, 9.17) is 11.2 Å². The minimum absolute atomic E-state index is 0.103. The Balaban J connectivity index is 1.95. The van der Waals surface area contributed by atoms with Crippen molar-refractivity contribution in [2.24, 2.45) is 0 Å². The molecule has 0 aromatic heterocycles. The number of anilines is 2. The lowest BCUT2D eigenvalue weighted by atomic mass is 9.78. The second kappa shape index (κ2) is 8.53. The minimum atomic E-state index is -2.10. The first kappa shape index (κ1) is 24.7.